The van der Waals surface area contributed by atoms with Crippen LogP contribution in [0.1, 0.15) is 67.6 Å². The van der Waals surface area contributed by atoms with Crippen molar-refractivity contribution < 1.29 is 9.90 Å². The van der Waals surface area contributed by atoms with Gasteiger partial charge < -0.3 is 5.11 Å². The van der Waals surface area contributed by atoms with Crippen molar-refractivity contribution in [2.75, 3.05) is 0 Å². The van der Waals surface area contributed by atoms with Gasteiger partial charge in [-0.05, 0) is 56.7 Å². The first kappa shape index (κ1) is 19.2. The molecule has 4 nitrogen and oxygen atoms in total. The number of thioether (sulfide) groups is 1. The molecule has 0 radical (unpaired) electrons. The molecule has 2 aromatic rings. The normalized spacial score (nSPS) is 19.0. The summed E-state index contributed by atoms with van der Waals surface area (Å²) in [7, 11) is 0. The van der Waals surface area contributed by atoms with Crippen LogP contribution in [0.2, 0.25) is 0 Å². The summed E-state index contributed by atoms with van der Waals surface area (Å²) < 4.78 is 0. The summed E-state index contributed by atoms with van der Waals surface area (Å²) in [5.41, 5.74) is 7.10. The topological polar surface area (TPSA) is 63.1 Å². The molecule has 1 aliphatic heterocycles. The summed E-state index contributed by atoms with van der Waals surface area (Å²) in [6.07, 6.45) is 9.11. The number of rotatable bonds is 5. The van der Waals surface area contributed by atoms with Gasteiger partial charge in [-0.3, -0.25) is 14.8 Å². The van der Waals surface area contributed by atoms with E-state index in [0.29, 0.717) is 11.7 Å². The van der Waals surface area contributed by atoms with Crippen molar-refractivity contribution >= 4 is 23.3 Å². The molecule has 0 saturated carbocycles. The minimum absolute atomic E-state index is 0.442. The molecule has 0 spiro atoms. The first-order chi connectivity index (χ1) is 13.5. The van der Waals surface area contributed by atoms with E-state index in [2.05, 4.69) is 17.1 Å². The third-order valence-corrected chi connectivity index (χ3v) is 7.13. The van der Waals surface area contributed by atoms with Crippen LogP contribution in [0.5, 0.6) is 0 Å². The highest BCUT2D eigenvalue weighted by atomic mass is 32.2. The maximum absolute atomic E-state index is 12.2. The van der Waals surface area contributed by atoms with Crippen LogP contribution in [0.15, 0.2) is 29.3 Å². The van der Waals surface area contributed by atoms with Gasteiger partial charge in [-0.15, -0.1) is 11.8 Å². The number of aromatic nitrogens is 2. The Bertz CT molecular complexity index is 950. The van der Waals surface area contributed by atoms with Crippen molar-refractivity contribution in [1.29, 1.82) is 0 Å². The predicted octanol–water partition coefficient (Wildman–Crippen LogP) is 5.77. The number of aryl methyl sites for hydroxylation is 2. The van der Waals surface area contributed by atoms with Crippen molar-refractivity contribution in [1.82, 2.24) is 9.97 Å². The Labute approximate surface area is 170 Å². The summed E-state index contributed by atoms with van der Waals surface area (Å²) in [6.45, 7) is 5.97. The molecule has 146 valence electrons. The standard InChI is InChI=1S/C23H26N2O2S/c1-4-7-17(23(26)27)19-14(3)25-21-16-8-5-6-9-18(16)28-22(21)20(19)15-11-10-13(2)24-12-15/h8,10-12,17-18H,4-7,9H2,1-3H3,(H,26,27). The lowest BCUT2D eigenvalue weighted by molar-refractivity contribution is -0.139. The first-order valence-corrected chi connectivity index (χ1v) is 11.0. The first-order valence-electron chi connectivity index (χ1n) is 10.1. The molecule has 1 N–H and O–H groups in total. The van der Waals surface area contributed by atoms with Gasteiger partial charge >= 0.3 is 5.97 Å². The second-order valence-corrected chi connectivity index (χ2v) is 8.94. The van der Waals surface area contributed by atoms with Crippen molar-refractivity contribution in [3.05, 3.63) is 47.1 Å². The fraction of sp³-hybridized carbons (Fsp3) is 0.435. The van der Waals surface area contributed by atoms with Gasteiger partial charge in [0.05, 0.1) is 11.6 Å². The maximum atomic E-state index is 12.2. The largest absolute Gasteiger partial charge is 0.481 e. The van der Waals surface area contributed by atoms with E-state index in [1.165, 1.54) is 12.0 Å². The predicted molar refractivity (Wildman–Crippen MR) is 114 cm³/mol. The second-order valence-electron chi connectivity index (χ2n) is 7.73. The van der Waals surface area contributed by atoms with Crippen LogP contribution < -0.4 is 0 Å². The molecule has 0 aromatic carbocycles. The molecule has 0 amide bonds. The van der Waals surface area contributed by atoms with E-state index in [9.17, 15) is 9.90 Å². The van der Waals surface area contributed by atoms with E-state index in [1.807, 2.05) is 44.8 Å². The number of carboxylic acids is 1. The Hall–Kier alpha value is -2.14. The Morgan fingerprint density at radius 1 is 1.36 bits per heavy atom. The number of fused-ring (bicyclic) bond motifs is 3. The Balaban J connectivity index is 1.99. The summed E-state index contributed by atoms with van der Waals surface area (Å²) in [5, 5.41) is 10.4. The van der Waals surface area contributed by atoms with Gasteiger partial charge in [0, 0.05) is 38.9 Å². The van der Waals surface area contributed by atoms with Crippen molar-refractivity contribution in [3.8, 4) is 11.1 Å². The van der Waals surface area contributed by atoms with Gasteiger partial charge in [-0.1, -0.05) is 25.5 Å². The molecule has 0 saturated heterocycles. The highest BCUT2D eigenvalue weighted by molar-refractivity contribution is 8.01. The highest BCUT2D eigenvalue weighted by Gasteiger charge is 2.36. The van der Waals surface area contributed by atoms with Gasteiger partial charge in [0.1, 0.15) is 0 Å². The van der Waals surface area contributed by atoms with Crippen molar-refractivity contribution in [3.63, 3.8) is 0 Å². The van der Waals surface area contributed by atoms with Crippen molar-refractivity contribution in [2.24, 2.45) is 0 Å². The lowest BCUT2D eigenvalue weighted by Gasteiger charge is -2.21. The quantitative estimate of drug-likeness (QED) is 0.697. The lowest BCUT2D eigenvalue weighted by atomic mass is 9.85. The van der Waals surface area contributed by atoms with Crippen LogP contribution in [-0.2, 0) is 4.79 Å². The molecule has 5 heteroatoms. The zero-order valence-corrected chi connectivity index (χ0v) is 17.5. The summed E-state index contributed by atoms with van der Waals surface area (Å²) in [6, 6.07) is 4.07. The Kier molecular flexibility index (Phi) is 5.28. The molecular formula is C23H26N2O2S. The van der Waals surface area contributed by atoms with E-state index in [-0.39, 0.29) is 0 Å². The fourth-order valence-electron chi connectivity index (χ4n) is 4.38. The minimum atomic E-state index is -0.771. The van der Waals surface area contributed by atoms with E-state index in [1.54, 1.807) is 0 Å². The van der Waals surface area contributed by atoms with Crippen LogP contribution in [0.3, 0.4) is 0 Å². The molecular weight excluding hydrogens is 368 g/mol. The number of hydrogen-bond acceptors (Lipinski definition) is 4. The number of aliphatic carboxylic acids is 1. The van der Waals surface area contributed by atoms with E-state index < -0.39 is 11.9 Å². The molecule has 28 heavy (non-hydrogen) atoms. The smallest absolute Gasteiger partial charge is 0.311 e. The molecule has 2 aromatic heterocycles. The van der Waals surface area contributed by atoms with Gasteiger partial charge in [0.2, 0.25) is 0 Å². The lowest BCUT2D eigenvalue weighted by Crippen LogP contribution is -2.16. The van der Waals surface area contributed by atoms with Gasteiger partial charge in [-0.25, -0.2) is 0 Å². The molecule has 0 bridgehead atoms. The number of carbonyl (C=O) groups is 1. The van der Waals surface area contributed by atoms with Crippen LogP contribution in [0, 0.1) is 13.8 Å². The van der Waals surface area contributed by atoms with Gasteiger partial charge in [-0.2, -0.15) is 0 Å². The molecule has 2 unspecified atom stereocenters. The van der Waals surface area contributed by atoms with Crippen LogP contribution in [0.4, 0.5) is 0 Å². The average molecular weight is 395 g/mol. The molecule has 3 heterocycles. The maximum Gasteiger partial charge on any atom is 0.311 e. The zero-order chi connectivity index (χ0) is 19.8. The molecule has 4 rings (SSSR count). The van der Waals surface area contributed by atoms with Crippen LogP contribution >= 0.6 is 11.8 Å². The average Bonchev–Trinajstić information content (AvgIpc) is 3.04. The summed E-state index contributed by atoms with van der Waals surface area (Å²) >= 11 is 1.86. The Morgan fingerprint density at radius 3 is 2.86 bits per heavy atom. The Morgan fingerprint density at radius 2 is 2.18 bits per heavy atom. The third kappa shape index (κ3) is 3.26. The van der Waals surface area contributed by atoms with E-state index in [4.69, 9.17) is 4.98 Å². The number of pyridine rings is 2. The van der Waals surface area contributed by atoms with Gasteiger partial charge in [0.25, 0.3) is 0 Å². The SMILES string of the molecule is CCCC(C(=O)O)c1c(C)nc2c(c1-c1ccc(C)nc1)SC1CCCC=C21. The van der Waals surface area contributed by atoms with Crippen molar-refractivity contribution in [2.45, 2.75) is 68.9 Å². The summed E-state index contributed by atoms with van der Waals surface area (Å²) in [4.78, 5) is 22.8. The number of nitrogens with zero attached hydrogens (tertiary/aromatic N) is 2. The number of allylic oxidation sites excluding steroid dienone is 1. The molecule has 0 fully saturated rings. The highest BCUT2D eigenvalue weighted by Crippen LogP contribution is 2.53. The van der Waals surface area contributed by atoms with Gasteiger partial charge in [0.15, 0.2) is 0 Å². The number of hydrogen-bond donors (Lipinski definition) is 1. The monoisotopic (exact) mass is 394 g/mol. The fourth-order valence-corrected chi connectivity index (χ4v) is 5.91. The number of carboxylic acid groups (broad SMARTS) is 1. The minimum Gasteiger partial charge on any atom is -0.481 e. The zero-order valence-electron chi connectivity index (χ0n) is 16.7. The van der Waals surface area contributed by atoms with Crippen LogP contribution in [0.25, 0.3) is 16.7 Å². The molecule has 1 aliphatic carbocycles. The molecule has 2 aliphatic rings. The van der Waals surface area contributed by atoms with Crippen LogP contribution in [-0.4, -0.2) is 26.3 Å². The third-order valence-electron chi connectivity index (χ3n) is 5.72. The molecule has 2 atom stereocenters. The van der Waals surface area contributed by atoms with E-state index >= 15 is 0 Å². The summed E-state index contributed by atoms with van der Waals surface area (Å²) in [5.74, 6) is -1.32. The van der Waals surface area contributed by atoms with E-state index in [0.717, 1.165) is 57.9 Å². The second kappa shape index (κ2) is 7.70.